The number of hydrogen-bond donors (Lipinski definition) is 1. The number of urea groups is 1. The van der Waals surface area contributed by atoms with Gasteiger partial charge in [-0.3, -0.25) is 19.1 Å². The van der Waals surface area contributed by atoms with Crippen LogP contribution in [0.3, 0.4) is 0 Å². The van der Waals surface area contributed by atoms with Crippen molar-refractivity contribution >= 4 is 28.9 Å². The number of carbonyl (C=O) groups excluding carboxylic acids is 3. The number of imidazole rings is 1. The fourth-order valence-corrected chi connectivity index (χ4v) is 4.99. The molecule has 2 aliphatic rings. The van der Waals surface area contributed by atoms with E-state index in [1.165, 1.54) is 0 Å². The number of carbonyl (C=O) groups is 3. The fourth-order valence-electron chi connectivity index (χ4n) is 4.99. The predicted molar refractivity (Wildman–Crippen MR) is 132 cm³/mol. The first-order chi connectivity index (χ1) is 17.5. The van der Waals surface area contributed by atoms with Gasteiger partial charge in [-0.15, -0.1) is 0 Å². The molecule has 3 heterocycles. The van der Waals surface area contributed by atoms with Gasteiger partial charge in [0.2, 0.25) is 5.92 Å². The standard InChI is InChI=1S/C26H28F2N6O3/c1-16-4-9-19-22(29-16)34(21(30-19)15-32(2)3)18-7-5-17(6-8-18)20(35)14-33-23(36)25(31-24(33)37)10-12-26(27,28)13-11-25/h4-9H,10-15H2,1-3H3,(H,31,37). The van der Waals surface area contributed by atoms with Gasteiger partial charge in [0.1, 0.15) is 16.9 Å². The lowest BCUT2D eigenvalue weighted by molar-refractivity contribution is -0.135. The van der Waals surface area contributed by atoms with E-state index in [1.54, 1.807) is 24.3 Å². The summed E-state index contributed by atoms with van der Waals surface area (Å²) in [6.07, 6.45) is -1.25. The normalized spacial score (nSPS) is 18.7. The molecule has 194 valence electrons. The van der Waals surface area contributed by atoms with Gasteiger partial charge in [-0.1, -0.05) is 0 Å². The van der Waals surface area contributed by atoms with E-state index in [-0.39, 0.29) is 12.8 Å². The van der Waals surface area contributed by atoms with E-state index in [1.807, 2.05) is 42.6 Å². The molecule has 0 atom stereocenters. The third kappa shape index (κ3) is 4.59. The number of nitrogens with zero attached hydrogens (tertiary/aromatic N) is 5. The highest BCUT2D eigenvalue weighted by Crippen LogP contribution is 2.41. The van der Waals surface area contributed by atoms with Crippen LogP contribution in [0.5, 0.6) is 0 Å². The highest BCUT2D eigenvalue weighted by molar-refractivity contribution is 6.11. The van der Waals surface area contributed by atoms with E-state index in [9.17, 15) is 23.2 Å². The number of imide groups is 1. The van der Waals surface area contributed by atoms with Crippen molar-refractivity contribution < 1.29 is 23.2 Å². The summed E-state index contributed by atoms with van der Waals surface area (Å²) in [5, 5.41) is 2.57. The van der Waals surface area contributed by atoms with Gasteiger partial charge >= 0.3 is 6.03 Å². The van der Waals surface area contributed by atoms with Gasteiger partial charge in [-0.25, -0.2) is 23.5 Å². The van der Waals surface area contributed by atoms with Crippen molar-refractivity contribution in [2.24, 2.45) is 0 Å². The van der Waals surface area contributed by atoms with Crippen molar-refractivity contribution in [2.75, 3.05) is 20.6 Å². The maximum atomic E-state index is 13.6. The monoisotopic (exact) mass is 510 g/mol. The lowest BCUT2D eigenvalue weighted by atomic mass is 9.80. The maximum absolute atomic E-state index is 13.6. The molecule has 0 bridgehead atoms. The van der Waals surface area contributed by atoms with Gasteiger partial charge in [0.25, 0.3) is 5.91 Å². The first-order valence-electron chi connectivity index (χ1n) is 12.1. The summed E-state index contributed by atoms with van der Waals surface area (Å²) in [4.78, 5) is 50.7. The van der Waals surface area contributed by atoms with Crippen molar-refractivity contribution in [1.29, 1.82) is 0 Å². The van der Waals surface area contributed by atoms with Crippen LogP contribution < -0.4 is 5.32 Å². The summed E-state index contributed by atoms with van der Waals surface area (Å²) in [7, 11) is 3.89. The van der Waals surface area contributed by atoms with Gasteiger partial charge in [0.05, 0.1) is 13.1 Å². The van der Waals surface area contributed by atoms with Gasteiger partial charge in [-0.2, -0.15) is 0 Å². The molecule has 1 saturated carbocycles. The third-order valence-electron chi connectivity index (χ3n) is 7.00. The number of aromatic nitrogens is 3. The van der Waals surface area contributed by atoms with E-state index < -0.39 is 48.6 Å². The van der Waals surface area contributed by atoms with Crippen molar-refractivity contribution in [1.82, 2.24) is 29.7 Å². The molecular weight excluding hydrogens is 482 g/mol. The topological polar surface area (TPSA) is 100 Å². The van der Waals surface area contributed by atoms with Crippen molar-refractivity contribution in [3.8, 4) is 5.69 Å². The van der Waals surface area contributed by atoms with E-state index in [4.69, 9.17) is 4.98 Å². The molecule has 1 spiro atoms. The van der Waals surface area contributed by atoms with Crippen LogP contribution in [0.2, 0.25) is 0 Å². The SMILES string of the molecule is Cc1ccc2nc(CN(C)C)n(-c3ccc(C(=O)CN4C(=O)NC5(CCC(F)(F)CC5)C4=O)cc3)c2n1. The first kappa shape index (κ1) is 24.9. The van der Waals surface area contributed by atoms with Crippen LogP contribution in [0.25, 0.3) is 16.9 Å². The maximum Gasteiger partial charge on any atom is 0.325 e. The largest absolute Gasteiger partial charge is 0.325 e. The van der Waals surface area contributed by atoms with Gasteiger partial charge in [0.15, 0.2) is 11.4 Å². The number of halogens is 2. The molecule has 5 rings (SSSR count). The molecule has 11 heteroatoms. The minimum Gasteiger partial charge on any atom is -0.323 e. The number of hydrogen-bond acceptors (Lipinski definition) is 6. The highest BCUT2D eigenvalue weighted by atomic mass is 19.3. The van der Waals surface area contributed by atoms with Crippen LogP contribution in [0.4, 0.5) is 13.6 Å². The van der Waals surface area contributed by atoms with Crippen LogP contribution in [0.1, 0.15) is 47.6 Å². The third-order valence-corrected chi connectivity index (χ3v) is 7.00. The quantitative estimate of drug-likeness (QED) is 0.403. The van der Waals surface area contributed by atoms with E-state index >= 15 is 0 Å². The zero-order valence-electron chi connectivity index (χ0n) is 20.9. The van der Waals surface area contributed by atoms with E-state index in [2.05, 4.69) is 10.3 Å². The molecule has 1 aromatic carbocycles. The second-order valence-corrected chi connectivity index (χ2v) is 10.1. The van der Waals surface area contributed by atoms with E-state index in [0.717, 1.165) is 27.6 Å². The number of aryl methyl sites for hydroxylation is 1. The van der Waals surface area contributed by atoms with Crippen LogP contribution in [0.15, 0.2) is 36.4 Å². The number of ketones is 1. The number of rotatable bonds is 6. The Morgan fingerprint density at radius 1 is 1.03 bits per heavy atom. The lowest BCUT2D eigenvalue weighted by Gasteiger charge is -2.34. The van der Waals surface area contributed by atoms with Crippen molar-refractivity contribution in [3.05, 3.63) is 53.5 Å². The summed E-state index contributed by atoms with van der Waals surface area (Å²) in [5.74, 6) is -3.09. The molecule has 0 unspecified atom stereocenters. The molecule has 1 aliphatic heterocycles. The zero-order chi connectivity index (χ0) is 26.5. The molecule has 1 aliphatic carbocycles. The fraction of sp³-hybridized carbons (Fsp3) is 0.423. The number of benzene rings is 1. The first-order valence-corrected chi connectivity index (χ1v) is 12.1. The summed E-state index contributed by atoms with van der Waals surface area (Å²) >= 11 is 0. The van der Waals surface area contributed by atoms with Gasteiger partial charge in [0, 0.05) is 29.8 Å². The molecule has 1 saturated heterocycles. The summed E-state index contributed by atoms with van der Waals surface area (Å²) in [6.45, 7) is 2.03. The molecule has 3 aromatic rings. The molecule has 1 N–H and O–H groups in total. The lowest BCUT2D eigenvalue weighted by Crippen LogP contribution is -2.51. The molecule has 9 nitrogen and oxygen atoms in total. The predicted octanol–water partition coefficient (Wildman–Crippen LogP) is 3.47. The summed E-state index contributed by atoms with van der Waals surface area (Å²) in [6, 6.07) is 9.91. The van der Waals surface area contributed by atoms with E-state index in [0.29, 0.717) is 17.8 Å². The van der Waals surface area contributed by atoms with Crippen LogP contribution >= 0.6 is 0 Å². The Morgan fingerprint density at radius 3 is 2.35 bits per heavy atom. The molecule has 0 radical (unpaired) electrons. The molecular formula is C26H28F2N6O3. The average molecular weight is 511 g/mol. The number of fused-ring (bicyclic) bond motifs is 1. The number of pyridine rings is 1. The van der Waals surface area contributed by atoms with Crippen LogP contribution in [0, 0.1) is 6.92 Å². The van der Waals surface area contributed by atoms with Crippen molar-refractivity contribution in [3.63, 3.8) is 0 Å². The Kier molecular flexibility index (Phi) is 6.06. The molecule has 2 fully saturated rings. The smallest absolute Gasteiger partial charge is 0.323 e. The second kappa shape index (κ2) is 8.98. The minimum atomic E-state index is -2.84. The number of nitrogens with one attached hydrogen (secondary N) is 1. The number of alkyl halides is 2. The van der Waals surface area contributed by atoms with Gasteiger partial charge < -0.3 is 10.2 Å². The zero-order valence-corrected chi connectivity index (χ0v) is 20.9. The number of Topliss-reactive ketones (excluding diaryl/α,β-unsaturated/α-hetero) is 1. The minimum absolute atomic E-state index is 0.147. The summed E-state index contributed by atoms with van der Waals surface area (Å²) < 4.78 is 29.2. The van der Waals surface area contributed by atoms with Crippen LogP contribution in [-0.4, -0.2) is 74.2 Å². The molecule has 2 aromatic heterocycles. The average Bonchev–Trinajstić information content (AvgIpc) is 3.30. The molecule has 3 amide bonds. The van der Waals surface area contributed by atoms with Crippen molar-refractivity contribution in [2.45, 2.75) is 50.6 Å². The number of amides is 3. The Morgan fingerprint density at radius 2 is 1.70 bits per heavy atom. The van der Waals surface area contributed by atoms with Gasteiger partial charge in [-0.05, 0) is 70.3 Å². The highest BCUT2D eigenvalue weighted by Gasteiger charge is 2.55. The Labute approximate surface area is 212 Å². The second-order valence-electron chi connectivity index (χ2n) is 10.1. The Balaban J connectivity index is 1.36. The summed E-state index contributed by atoms with van der Waals surface area (Å²) in [5.41, 5.74) is 2.06. The Bertz CT molecular complexity index is 1390. The van der Waals surface area contributed by atoms with Crippen LogP contribution in [-0.2, 0) is 11.3 Å². The molecule has 37 heavy (non-hydrogen) atoms. The Hall–Kier alpha value is -3.73.